The highest BCUT2D eigenvalue weighted by molar-refractivity contribution is 5.84. The second-order valence-electron chi connectivity index (χ2n) is 5.40. The maximum Gasteiger partial charge on any atom is 0.242 e. The van der Waals surface area contributed by atoms with Crippen LogP contribution in [0.4, 0.5) is 11.4 Å². The van der Waals surface area contributed by atoms with E-state index in [1.807, 2.05) is 27.1 Å². The monoisotopic (exact) mass is 293 g/mol. The first-order valence-corrected chi connectivity index (χ1v) is 7.27. The van der Waals surface area contributed by atoms with Crippen molar-refractivity contribution in [1.29, 1.82) is 0 Å². The highest BCUT2D eigenvalue weighted by atomic mass is 16.5. The molecule has 0 saturated carbocycles. The number of amides is 1. The Kier molecular flexibility index (Phi) is 7.02. The van der Waals surface area contributed by atoms with Crippen molar-refractivity contribution in [3.8, 4) is 0 Å². The molecule has 0 fully saturated rings. The van der Waals surface area contributed by atoms with E-state index in [2.05, 4.69) is 34.6 Å². The van der Waals surface area contributed by atoms with Crippen molar-refractivity contribution in [2.45, 2.75) is 26.3 Å². The molecule has 0 spiro atoms. The van der Waals surface area contributed by atoms with E-state index in [0.717, 1.165) is 17.8 Å². The van der Waals surface area contributed by atoms with Gasteiger partial charge in [-0.15, -0.1) is 0 Å². The van der Waals surface area contributed by atoms with Crippen molar-refractivity contribution in [1.82, 2.24) is 5.32 Å². The molecule has 0 aliphatic heterocycles. The van der Waals surface area contributed by atoms with Gasteiger partial charge in [-0.05, 0) is 38.0 Å². The van der Waals surface area contributed by atoms with Crippen LogP contribution >= 0.6 is 0 Å². The number of hydrogen-bond donors (Lipinski definition) is 2. The summed E-state index contributed by atoms with van der Waals surface area (Å²) in [5.41, 5.74) is 3.30. The Morgan fingerprint density at radius 2 is 2.10 bits per heavy atom. The fraction of sp³-hybridized carbons (Fsp3) is 0.562. The first kappa shape index (κ1) is 17.3. The predicted molar refractivity (Wildman–Crippen MR) is 88.1 cm³/mol. The molecule has 1 unspecified atom stereocenters. The molecule has 1 rings (SSSR count). The van der Waals surface area contributed by atoms with Gasteiger partial charge in [0.1, 0.15) is 6.04 Å². The van der Waals surface area contributed by atoms with Gasteiger partial charge in [0.25, 0.3) is 0 Å². The average molecular weight is 293 g/mol. The van der Waals surface area contributed by atoms with E-state index in [1.165, 1.54) is 5.56 Å². The van der Waals surface area contributed by atoms with Gasteiger partial charge in [-0.25, -0.2) is 0 Å². The van der Waals surface area contributed by atoms with Crippen molar-refractivity contribution < 1.29 is 9.53 Å². The van der Waals surface area contributed by atoms with Gasteiger partial charge < -0.3 is 20.3 Å². The number of nitrogens with one attached hydrogen (secondary N) is 2. The van der Waals surface area contributed by atoms with Crippen LogP contribution in [0.3, 0.4) is 0 Å². The highest BCUT2D eigenvalue weighted by Gasteiger charge is 2.12. The van der Waals surface area contributed by atoms with E-state index in [4.69, 9.17) is 4.74 Å². The summed E-state index contributed by atoms with van der Waals surface area (Å²) >= 11 is 0. The largest absolute Gasteiger partial charge is 0.385 e. The minimum Gasteiger partial charge on any atom is -0.385 e. The molecule has 1 aromatic carbocycles. The molecule has 0 heterocycles. The Bertz CT molecular complexity index is 461. The van der Waals surface area contributed by atoms with Gasteiger partial charge in [0.15, 0.2) is 0 Å². The molecule has 0 aliphatic carbocycles. The standard InChI is InChI=1S/C16H27N3O2/c1-12-7-8-14(11-15(12)19(3)4)18-13(2)16(20)17-9-6-10-21-5/h7-8,11,13,18H,6,9-10H2,1-5H3,(H,17,20). The van der Waals surface area contributed by atoms with Gasteiger partial charge in [-0.3, -0.25) is 4.79 Å². The number of carbonyl (C=O) groups excluding carboxylic acids is 1. The maximum atomic E-state index is 12.0. The zero-order valence-corrected chi connectivity index (χ0v) is 13.7. The van der Waals surface area contributed by atoms with Crippen LogP contribution in [-0.4, -0.2) is 46.3 Å². The Morgan fingerprint density at radius 1 is 1.38 bits per heavy atom. The van der Waals surface area contributed by atoms with Crippen molar-refractivity contribution in [2.75, 3.05) is 44.6 Å². The van der Waals surface area contributed by atoms with Crippen LogP contribution in [0, 0.1) is 6.92 Å². The molecule has 0 aromatic heterocycles. The fourth-order valence-electron chi connectivity index (χ4n) is 2.08. The van der Waals surface area contributed by atoms with Crippen molar-refractivity contribution in [3.63, 3.8) is 0 Å². The van der Waals surface area contributed by atoms with Crippen LogP contribution < -0.4 is 15.5 Å². The van der Waals surface area contributed by atoms with Crippen molar-refractivity contribution in [3.05, 3.63) is 23.8 Å². The van der Waals surface area contributed by atoms with Crippen LogP contribution in [0.2, 0.25) is 0 Å². The van der Waals surface area contributed by atoms with Gasteiger partial charge in [0.05, 0.1) is 0 Å². The molecule has 0 radical (unpaired) electrons. The third-order valence-corrected chi connectivity index (χ3v) is 3.29. The minimum absolute atomic E-state index is 0.00178. The van der Waals surface area contributed by atoms with Gasteiger partial charge in [0.2, 0.25) is 5.91 Å². The summed E-state index contributed by atoms with van der Waals surface area (Å²) in [6, 6.07) is 5.84. The number of anilines is 2. The van der Waals surface area contributed by atoms with Gasteiger partial charge >= 0.3 is 0 Å². The fourth-order valence-corrected chi connectivity index (χ4v) is 2.08. The SMILES string of the molecule is COCCCNC(=O)C(C)Nc1ccc(C)c(N(C)C)c1. The topological polar surface area (TPSA) is 53.6 Å². The number of ether oxygens (including phenoxy) is 1. The smallest absolute Gasteiger partial charge is 0.242 e. The van der Waals surface area contributed by atoms with E-state index in [-0.39, 0.29) is 11.9 Å². The second-order valence-corrected chi connectivity index (χ2v) is 5.40. The van der Waals surface area contributed by atoms with Gasteiger partial charge in [0, 0.05) is 45.7 Å². The van der Waals surface area contributed by atoms with E-state index in [1.54, 1.807) is 7.11 Å². The lowest BCUT2D eigenvalue weighted by atomic mass is 10.1. The first-order chi connectivity index (χ1) is 9.95. The highest BCUT2D eigenvalue weighted by Crippen LogP contribution is 2.22. The number of benzene rings is 1. The molecular formula is C16H27N3O2. The summed E-state index contributed by atoms with van der Waals surface area (Å²) in [4.78, 5) is 14.0. The normalized spacial score (nSPS) is 11.9. The van der Waals surface area contributed by atoms with Crippen LogP contribution in [0.25, 0.3) is 0 Å². The molecule has 118 valence electrons. The second kappa shape index (κ2) is 8.52. The minimum atomic E-state index is -0.273. The van der Waals surface area contributed by atoms with Crippen LogP contribution in [-0.2, 0) is 9.53 Å². The Hall–Kier alpha value is -1.75. The third-order valence-electron chi connectivity index (χ3n) is 3.29. The number of rotatable bonds is 8. The van der Waals surface area contributed by atoms with Crippen LogP contribution in [0.1, 0.15) is 18.9 Å². The maximum absolute atomic E-state index is 12.0. The molecule has 5 nitrogen and oxygen atoms in total. The number of methoxy groups -OCH3 is 1. The predicted octanol–water partition coefficient (Wildman–Crippen LogP) is 2.01. The summed E-state index contributed by atoms with van der Waals surface area (Å²) in [7, 11) is 5.68. The summed E-state index contributed by atoms with van der Waals surface area (Å²) < 4.78 is 4.95. The Balaban J connectivity index is 2.56. The van der Waals surface area contributed by atoms with Crippen LogP contribution in [0.5, 0.6) is 0 Å². The zero-order valence-electron chi connectivity index (χ0n) is 13.7. The lowest BCUT2D eigenvalue weighted by molar-refractivity contribution is -0.121. The molecule has 21 heavy (non-hydrogen) atoms. The molecule has 2 N–H and O–H groups in total. The van der Waals surface area contributed by atoms with E-state index in [9.17, 15) is 4.79 Å². The molecule has 0 aliphatic rings. The van der Waals surface area contributed by atoms with Crippen molar-refractivity contribution >= 4 is 17.3 Å². The number of nitrogens with zero attached hydrogens (tertiary/aromatic N) is 1. The molecule has 0 saturated heterocycles. The van der Waals surface area contributed by atoms with Crippen molar-refractivity contribution in [2.24, 2.45) is 0 Å². The summed E-state index contributed by atoms with van der Waals surface area (Å²) in [5, 5.41) is 6.13. The van der Waals surface area contributed by atoms with Gasteiger partial charge in [-0.2, -0.15) is 0 Å². The number of hydrogen-bond acceptors (Lipinski definition) is 4. The van der Waals surface area contributed by atoms with E-state index < -0.39 is 0 Å². The molecule has 1 atom stereocenters. The molecule has 1 aromatic rings. The Morgan fingerprint density at radius 3 is 2.71 bits per heavy atom. The molecular weight excluding hydrogens is 266 g/mol. The van der Waals surface area contributed by atoms with E-state index in [0.29, 0.717) is 13.2 Å². The average Bonchev–Trinajstić information content (AvgIpc) is 2.45. The quantitative estimate of drug-likeness (QED) is 0.720. The lowest BCUT2D eigenvalue weighted by Crippen LogP contribution is -2.38. The molecule has 5 heteroatoms. The van der Waals surface area contributed by atoms with Crippen LogP contribution in [0.15, 0.2) is 18.2 Å². The van der Waals surface area contributed by atoms with Gasteiger partial charge in [-0.1, -0.05) is 6.07 Å². The molecule has 0 bridgehead atoms. The third kappa shape index (κ3) is 5.63. The lowest BCUT2D eigenvalue weighted by Gasteiger charge is -2.20. The van der Waals surface area contributed by atoms with E-state index >= 15 is 0 Å². The molecule has 1 amide bonds. The number of aryl methyl sites for hydroxylation is 1. The summed E-state index contributed by atoms with van der Waals surface area (Å²) in [5.74, 6) is -0.00178. The number of carbonyl (C=O) groups is 1. The summed E-state index contributed by atoms with van der Waals surface area (Å²) in [6.45, 7) is 5.23. The first-order valence-electron chi connectivity index (χ1n) is 7.27. The summed E-state index contributed by atoms with van der Waals surface area (Å²) in [6.07, 6.45) is 0.824. The zero-order chi connectivity index (χ0) is 15.8. The Labute approximate surface area is 127 Å².